The molecular weight excluding hydrogens is 325 g/mol. The molecule has 7 heteroatoms. The molecule has 22 heavy (non-hydrogen) atoms. The Labute approximate surface area is 137 Å². The minimum atomic E-state index is -0.906. The van der Waals surface area contributed by atoms with Crippen LogP contribution in [0, 0.1) is 12.7 Å². The van der Waals surface area contributed by atoms with Crippen LogP contribution in [0.15, 0.2) is 23.1 Å². The number of nitrogens with zero attached hydrogens (tertiary/aromatic N) is 1. The van der Waals surface area contributed by atoms with Gasteiger partial charge in [-0.25, -0.2) is 4.39 Å². The molecule has 0 atom stereocenters. The fourth-order valence-corrected chi connectivity index (χ4v) is 3.24. The minimum Gasteiger partial charge on any atom is -0.481 e. The Hall–Kier alpha value is -1.73. The molecule has 0 saturated carbocycles. The molecule has 0 aliphatic carbocycles. The van der Waals surface area contributed by atoms with E-state index in [1.807, 2.05) is 0 Å². The number of hydrogen-bond acceptors (Lipinski definition) is 4. The van der Waals surface area contributed by atoms with Gasteiger partial charge < -0.3 is 5.11 Å². The van der Waals surface area contributed by atoms with Crippen molar-refractivity contribution in [1.82, 2.24) is 4.90 Å². The Balaban J connectivity index is 2.11. The van der Waals surface area contributed by atoms with E-state index in [1.165, 1.54) is 11.0 Å². The second-order valence-electron chi connectivity index (χ2n) is 4.84. The third-order valence-corrected chi connectivity index (χ3v) is 4.52. The molecule has 1 heterocycles. The van der Waals surface area contributed by atoms with Crippen molar-refractivity contribution in [3.63, 3.8) is 0 Å². The van der Waals surface area contributed by atoms with Gasteiger partial charge in [-0.05, 0) is 36.6 Å². The van der Waals surface area contributed by atoms with Gasteiger partial charge in [0.2, 0.25) is 0 Å². The van der Waals surface area contributed by atoms with Crippen LogP contribution < -0.4 is 0 Å². The third-order valence-electron chi connectivity index (χ3n) is 3.14. The normalized spacial score (nSPS) is 16.6. The maximum Gasteiger partial charge on any atom is 0.303 e. The van der Waals surface area contributed by atoms with Crippen molar-refractivity contribution in [2.45, 2.75) is 19.8 Å². The lowest BCUT2D eigenvalue weighted by atomic mass is 10.1. The third kappa shape index (κ3) is 3.92. The van der Waals surface area contributed by atoms with E-state index in [1.54, 1.807) is 25.1 Å². The first-order valence-electron chi connectivity index (χ1n) is 6.62. The Morgan fingerprint density at radius 2 is 2.23 bits per heavy atom. The second kappa shape index (κ2) is 7.02. The summed E-state index contributed by atoms with van der Waals surface area (Å²) < 4.78 is 13.9. The van der Waals surface area contributed by atoms with E-state index in [2.05, 4.69) is 0 Å². The summed E-state index contributed by atoms with van der Waals surface area (Å²) in [6.45, 7) is 1.94. The highest BCUT2D eigenvalue weighted by Crippen LogP contribution is 2.32. The first-order chi connectivity index (χ1) is 10.4. The van der Waals surface area contributed by atoms with Crippen LogP contribution in [0.3, 0.4) is 0 Å². The summed E-state index contributed by atoms with van der Waals surface area (Å²) in [5.41, 5.74) is 1.13. The quantitative estimate of drug-likeness (QED) is 0.659. The van der Waals surface area contributed by atoms with E-state index >= 15 is 0 Å². The number of hydrogen-bond donors (Lipinski definition) is 1. The lowest BCUT2D eigenvalue weighted by molar-refractivity contribution is -0.137. The van der Waals surface area contributed by atoms with Crippen LogP contribution in [-0.2, 0) is 9.59 Å². The van der Waals surface area contributed by atoms with Gasteiger partial charge in [0.1, 0.15) is 10.1 Å². The van der Waals surface area contributed by atoms with E-state index in [9.17, 15) is 14.0 Å². The van der Waals surface area contributed by atoms with Crippen LogP contribution >= 0.6 is 24.0 Å². The highest BCUT2D eigenvalue weighted by Gasteiger charge is 2.31. The smallest absolute Gasteiger partial charge is 0.303 e. The molecule has 4 nitrogen and oxygen atoms in total. The fraction of sp³-hybridized carbons (Fsp3) is 0.267. The Kier molecular flexibility index (Phi) is 5.31. The average Bonchev–Trinajstić information content (AvgIpc) is 2.70. The minimum absolute atomic E-state index is 0.0146. The summed E-state index contributed by atoms with van der Waals surface area (Å²) in [6.07, 6.45) is 1.92. The van der Waals surface area contributed by atoms with E-state index in [0.29, 0.717) is 26.8 Å². The van der Waals surface area contributed by atoms with Gasteiger partial charge in [-0.15, -0.1) is 0 Å². The molecule has 0 radical (unpaired) electrons. The number of carbonyl (C=O) groups is 2. The molecule has 1 saturated heterocycles. The molecule has 0 bridgehead atoms. The van der Waals surface area contributed by atoms with E-state index < -0.39 is 5.97 Å². The monoisotopic (exact) mass is 339 g/mol. The number of carboxylic acids is 1. The molecule has 1 fully saturated rings. The summed E-state index contributed by atoms with van der Waals surface area (Å²) in [6, 6.07) is 4.75. The predicted octanol–water partition coefficient (Wildman–Crippen LogP) is 3.20. The first kappa shape index (κ1) is 16.6. The zero-order valence-electron chi connectivity index (χ0n) is 11.8. The number of aliphatic carboxylic acids is 1. The van der Waals surface area contributed by atoms with Crippen LogP contribution in [0.1, 0.15) is 24.0 Å². The highest BCUT2D eigenvalue weighted by molar-refractivity contribution is 8.26. The Morgan fingerprint density at radius 1 is 1.50 bits per heavy atom. The van der Waals surface area contributed by atoms with Crippen molar-refractivity contribution in [1.29, 1.82) is 0 Å². The van der Waals surface area contributed by atoms with Gasteiger partial charge in [0.05, 0.1) is 4.91 Å². The summed E-state index contributed by atoms with van der Waals surface area (Å²) in [4.78, 5) is 24.6. The van der Waals surface area contributed by atoms with Crippen molar-refractivity contribution in [2.75, 3.05) is 6.54 Å². The summed E-state index contributed by atoms with van der Waals surface area (Å²) >= 11 is 6.29. The Bertz CT molecular complexity index is 673. The van der Waals surface area contributed by atoms with E-state index in [-0.39, 0.29) is 24.7 Å². The maximum absolute atomic E-state index is 13.5. The van der Waals surface area contributed by atoms with E-state index in [0.717, 1.165) is 11.8 Å². The Morgan fingerprint density at radius 3 is 2.86 bits per heavy atom. The van der Waals surface area contributed by atoms with Gasteiger partial charge in [-0.2, -0.15) is 0 Å². The number of carbonyl (C=O) groups excluding carboxylic acids is 1. The SMILES string of the molecule is Cc1ccc(C=C2SC(=S)N(CCCC(=O)O)C2=O)cc1F. The number of rotatable bonds is 5. The summed E-state index contributed by atoms with van der Waals surface area (Å²) in [5.74, 6) is -1.50. The predicted molar refractivity (Wildman–Crippen MR) is 87.9 cm³/mol. The van der Waals surface area contributed by atoms with Crippen LogP contribution in [0.5, 0.6) is 0 Å². The number of amides is 1. The van der Waals surface area contributed by atoms with Crippen molar-refractivity contribution in [3.8, 4) is 0 Å². The van der Waals surface area contributed by atoms with E-state index in [4.69, 9.17) is 17.3 Å². The fourth-order valence-electron chi connectivity index (χ4n) is 1.93. The van der Waals surface area contributed by atoms with Gasteiger partial charge in [0, 0.05) is 13.0 Å². The molecule has 0 aromatic heterocycles. The highest BCUT2D eigenvalue weighted by atomic mass is 32.2. The molecular formula is C15H14FNO3S2. The van der Waals surface area contributed by atoms with Crippen molar-refractivity contribution < 1.29 is 19.1 Å². The van der Waals surface area contributed by atoms with Crippen molar-refractivity contribution in [3.05, 3.63) is 40.0 Å². The molecule has 1 N–H and O–H groups in total. The van der Waals surface area contributed by atoms with Gasteiger partial charge in [0.15, 0.2) is 0 Å². The standard InChI is InChI=1S/C15H14FNO3S2/c1-9-4-5-10(7-11(9)16)8-12-14(20)17(15(21)22-12)6-2-3-13(18)19/h4-5,7-8H,2-3,6H2,1H3,(H,18,19). The maximum atomic E-state index is 13.5. The number of thioether (sulfide) groups is 1. The molecule has 1 aliphatic heterocycles. The van der Waals surface area contributed by atoms with Crippen LogP contribution in [0.2, 0.25) is 0 Å². The number of carboxylic acid groups (broad SMARTS) is 1. The average molecular weight is 339 g/mol. The van der Waals surface area contributed by atoms with Crippen molar-refractivity contribution >= 4 is 46.3 Å². The largest absolute Gasteiger partial charge is 0.481 e. The van der Waals surface area contributed by atoms with Crippen molar-refractivity contribution in [2.24, 2.45) is 0 Å². The van der Waals surface area contributed by atoms with Gasteiger partial charge in [-0.3, -0.25) is 14.5 Å². The molecule has 0 unspecified atom stereocenters. The number of aryl methyl sites for hydroxylation is 1. The number of halogens is 1. The molecule has 1 aromatic carbocycles. The molecule has 116 valence electrons. The lowest BCUT2D eigenvalue weighted by Crippen LogP contribution is -2.29. The van der Waals surface area contributed by atoms with Crippen LogP contribution in [0.25, 0.3) is 6.08 Å². The number of benzene rings is 1. The summed E-state index contributed by atoms with van der Waals surface area (Å²) in [7, 11) is 0. The zero-order chi connectivity index (χ0) is 16.3. The molecule has 1 amide bonds. The molecule has 2 rings (SSSR count). The molecule has 1 aromatic rings. The van der Waals surface area contributed by atoms with Gasteiger partial charge >= 0.3 is 5.97 Å². The molecule has 1 aliphatic rings. The van der Waals surface area contributed by atoms with Crippen LogP contribution in [-0.4, -0.2) is 32.7 Å². The molecule has 0 spiro atoms. The zero-order valence-corrected chi connectivity index (χ0v) is 13.5. The van der Waals surface area contributed by atoms with Gasteiger partial charge in [0.25, 0.3) is 5.91 Å². The number of thiocarbonyl (C=S) groups is 1. The first-order valence-corrected chi connectivity index (χ1v) is 7.84. The van der Waals surface area contributed by atoms with Crippen LogP contribution in [0.4, 0.5) is 4.39 Å². The topological polar surface area (TPSA) is 57.6 Å². The summed E-state index contributed by atoms with van der Waals surface area (Å²) in [5, 5.41) is 8.63. The second-order valence-corrected chi connectivity index (χ2v) is 6.52. The lowest BCUT2D eigenvalue weighted by Gasteiger charge is -2.13. The van der Waals surface area contributed by atoms with Gasteiger partial charge in [-0.1, -0.05) is 36.1 Å².